The van der Waals surface area contributed by atoms with Gasteiger partial charge in [0.15, 0.2) is 4.34 Å². The Hall–Kier alpha value is -1.97. The van der Waals surface area contributed by atoms with Crippen LogP contribution in [-0.4, -0.2) is 33.6 Å². The number of nitro groups is 1. The molecule has 0 fully saturated rings. The van der Waals surface area contributed by atoms with Crippen LogP contribution >= 0.6 is 23.1 Å². The van der Waals surface area contributed by atoms with Crippen LogP contribution in [0.3, 0.4) is 0 Å². The molecule has 23 heavy (non-hydrogen) atoms. The van der Waals surface area contributed by atoms with Crippen molar-refractivity contribution in [2.45, 2.75) is 29.1 Å². The Labute approximate surface area is 140 Å². The smallest absolute Gasteiger partial charge is 0.284 e. The Morgan fingerprint density at radius 1 is 1.57 bits per heavy atom. The highest BCUT2D eigenvalue weighted by Gasteiger charge is 2.20. The van der Waals surface area contributed by atoms with Crippen molar-refractivity contribution in [2.24, 2.45) is 0 Å². The lowest BCUT2D eigenvalue weighted by Crippen LogP contribution is -2.34. The summed E-state index contributed by atoms with van der Waals surface area (Å²) in [5.74, 6) is -0.462. The fourth-order valence-electron chi connectivity index (χ4n) is 1.71. The summed E-state index contributed by atoms with van der Waals surface area (Å²) in [6.07, 6.45) is 0. The maximum absolute atomic E-state index is 12.0. The molecule has 1 unspecified atom stereocenters. The molecule has 0 bridgehead atoms. The Morgan fingerprint density at radius 3 is 2.87 bits per heavy atom. The van der Waals surface area contributed by atoms with Crippen LogP contribution in [0.4, 0.5) is 5.69 Å². The summed E-state index contributed by atoms with van der Waals surface area (Å²) in [5, 5.41) is 24.6. The molecule has 0 aliphatic rings. The molecule has 1 amide bonds. The van der Waals surface area contributed by atoms with E-state index in [0.717, 1.165) is 5.69 Å². The van der Waals surface area contributed by atoms with Gasteiger partial charge in [0.1, 0.15) is 0 Å². The van der Waals surface area contributed by atoms with Gasteiger partial charge in [-0.3, -0.25) is 14.9 Å². The van der Waals surface area contributed by atoms with E-state index in [0.29, 0.717) is 9.24 Å². The molecule has 1 aromatic heterocycles. The molecule has 1 heterocycles. The summed E-state index contributed by atoms with van der Waals surface area (Å²) in [5.41, 5.74) is 0.887. The van der Waals surface area contributed by atoms with Crippen LogP contribution in [0.2, 0.25) is 0 Å². The highest BCUT2D eigenvalue weighted by atomic mass is 32.2. The third kappa shape index (κ3) is 4.50. The van der Waals surface area contributed by atoms with Crippen LogP contribution in [-0.2, 0) is 0 Å². The summed E-state index contributed by atoms with van der Waals surface area (Å²) in [7, 11) is 0. The number of aliphatic hydroxyl groups is 1. The molecule has 0 spiro atoms. The molecule has 0 radical (unpaired) electrons. The van der Waals surface area contributed by atoms with E-state index in [1.54, 1.807) is 6.92 Å². The Balaban J connectivity index is 2.27. The fourth-order valence-corrected chi connectivity index (χ4v) is 3.59. The lowest BCUT2D eigenvalue weighted by atomic mass is 10.2. The van der Waals surface area contributed by atoms with Crippen molar-refractivity contribution < 1.29 is 14.8 Å². The van der Waals surface area contributed by atoms with Gasteiger partial charge in [0.2, 0.25) is 0 Å². The molecule has 0 saturated heterocycles. The van der Waals surface area contributed by atoms with E-state index in [1.807, 2.05) is 12.3 Å². The van der Waals surface area contributed by atoms with Crippen molar-refractivity contribution in [1.82, 2.24) is 10.3 Å². The third-order valence-corrected chi connectivity index (χ3v) is 4.99. The number of benzene rings is 1. The van der Waals surface area contributed by atoms with E-state index < -0.39 is 16.9 Å². The first-order valence-electron chi connectivity index (χ1n) is 6.71. The molecule has 1 atom stereocenters. The number of aliphatic hydroxyl groups excluding tert-OH is 1. The number of aromatic nitrogens is 1. The lowest BCUT2D eigenvalue weighted by Gasteiger charge is -2.11. The van der Waals surface area contributed by atoms with Crippen molar-refractivity contribution >= 4 is 34.7 Å². The van der Waals surface area contributed by atoms with E-state index >= 15 is 0 Å². The number of aryl methyl sites for hydroxylation is 1. The molecule has 0 aliphatic heterocycles. The molecule has 1 aromatic carbocycles. The van der Waals surface area contributed by atoms with E-state index in [9.17, 15) is 14.9 Å². The van der Waals surface area contributed by atoms with Crippen LogP contribution in [0.15, 0.2) is 32.8 Å². The van der Waals surface area contributed by atoms with E-state index in [2.05, 4.69) is 10.3 Å². The lowest BCUT2D eigenvalue weighted by molar-refractivity contribution is -0.387. The van der Waals surface area contributed by atoms with Crippen molar-refractivity contribution in [3.8, 4) is 0 Å². The molecular formula is C14H15N3O4S2. The second-order valence-electron chi connectivity index (χ2n) is 4.85. The third-order valence-electron chi connectivity index (χ3n) is 2.86. The van der Waals surface area contributed by atoms with Crippen LogP contribution in [0, 0.1) is 17.0 Å². The molecule has 2 aromatic rings. The average molecular weight is 353 g/mol. The molecule has 7 nitrogen and oxygen atoms in total. The van der Waals surface area contributed by atoms with Gasteiger partial charge in [-0.1, -0.05) is 11.8 Å². The van der Waals surface area contributed by atoms with Gasteiger partial charge in [0.05, 0.1) is 16.4 Å². The number of nitrogens with one attached hydrogen (secondary N) is 1. The second-order valence-corrected chi connectivity index (χ2v) is 7.00. The van der Waals surface area contributed by atoms with Crippen molar-refractivity contribution in [1.29, 1.82) is 0 Å². The minimum atomic E-state index is -0.519. The Kier molecular flexibility index (Phi) is 5.69. The molecule has 2 N–H and O–H groups in total. The van der Waals surface area contributed by atoms with Crippen molar-refractivity contribution in [3.05, 3.63) is 45.0 Å². The van der Waals surface area contributed by atoms with Gasteiger partial charge in [0, 0.05) is 28.7 Å². The molecule has 0 aliphatic carbocycles. The van der Waals surface area contributed by atoms with E-state index in [4.69, 9.17) is 5.11 Å². The molecule has 122 valence electrons. The van der Waals surface area contributed by atoms with Gasteiger partial charge in [-0.05, 0) is 26.0 Å². The highest BCUT2D eigenvalue weighted by molar-refractivity contribution is 8.01. The topological polar surface area (TPSA) is 105 Å². The fraction of sp³-hybridized carbons (Fsp3) is 0.286. The minimum absolute atomic E-state index is 0.146. The minimum Gasteiger partial charge on any atom is -0.394 e. The molecule has 0 saturated carbocycles. The zero-order valence-electron chi connectivity index (χ0n) is 12.5. The second kappa shape index (κ2) is 7.53. The van der Waals surface area contributed by atoms with Crippen LogP contribution < -0.4 is 5.32 Å². The first kappa shape index (κ1) is 17.4. The van der Waals surface area contributed by atoms with Gasteiger partial charge in [-0.25, -0.2) is 4.98 Å². The average Bonchev–Trinajstić information content (AvgIpc) is 2.92. The Morgan fingerprint density at radius 2 is 2.30 bits per heavy atom. The number of nitrogens with zero attached hydrogens (tertiary/aromatic N) is 2. The molecular weight excluding hydrogens is 338 g/mol. The number of rotatable bonds is 6. The summed E-state index contributed by atoms with van der Waals surface area (Å²) in [4.78, 5) is 27.4. The largest absolute Gasteiger partial charge is 0.394 e. The number of amides is 1. The number of carbonyl (C=O) groups is 1. The number of carbonyl (C=O) groups excluding carboxylic acids is 1. The van der Waals surface area contributed by atoms with Gasteiger partial charge < -0.3 is 10.4 Å². The summed E-state index contributed by atoms with van der Waals surface area (Å²) in [6, 6.07) is 3.88. The summed E-state index contributed by atoms with van der Waals surface area (Å²) < 4.78 is 0.705. The number of nitro benzene ring substituents is 1. The monoisotopic (exact) mass is 353 g/mol. The first-order valence-corrected chi connectivity index (χ1v) is 8.40. The summed E-state index contributed by atoms with van der Waals surface area (Å²) in [6.45, 7) is 3.29. The quantitative estimate of drug-likeness (QED) is 0.611. The first-order chi connectivity index (χ1) is 10.9. The predicted molar refractivity (Wildman–Crippen MR) is 88.1 cm³/mol. The van der Waals surface area contributed by atoms with E-state index in [1.165, 1.54) is 41.3 Å². The van der Waals surface area contributed by atoms with Crippen LogP contribution in [0.1, 0.15) is 23.0 Å². The predicted octanol–water partition coefficient (Wildman–Crippen LogP) is 2.62. The van der Waals surface area contributed by atoms with Crippen LogP contribution in [0.5, 0.6) is 0 Å². The number of hydrogen-bond donors (Lipinski definition) is 2. The zero-order valence-corrected chi connectivity index (χ0v) is 14.1. The number of hydrogen-bond acceptors (Lipinski definition) is 7. The number of thiazole rings is 1. The Bertz CT molecular complexity index is 733. The van der Waals surface area contributed by atoms with Crippen molar-refractivity contribution in [2.75, 3.05) is 6.61 Å². The van der Waals surface area contributed by atoms with Gasteiger partial charge >= 0.3 is 0 Å². The van der Waals surface area contributed by atoms with Gasteiger partial charge in [-0.2, -0.15) is 0 Å². The van der Waals surface area contributed by atoms with E-state index in [-0.39, 0.29) is 17.9 Å². The normalized spacial score (nSPS) is 12.0. The highest BCUT2D eigenvalue weighted by Crippen LogP contribution is 2.36. The zero-order chi connectivity index (χ0) is 17.0. The maximum atomic E-state index is 12.0. The van der Waals surface area contributed by atoms with Gasteiger partial charge in [0.25, 0.3) is 11.6 Å². The maximum Gasteiger partial charge on any atom is 0.284 e. The summed E-state index contributed by atoms with van der Waals surface area (Å²) >= 11 is 2.61. The molecule has 9 heteroatoms. The van der Waals surface area contributed by atoms with Crippen LogP contribution in [0.25, 0.3) is 0 Å². The van der Waals surface area contributed by atoms with Gasteiger partial charge in [-0.15, -0.1) is 11.3 Å². The van der Waals surface area contributed by atoms with Crippen molar-refractivity contribution in [3.63, 3.8) is 0 Å². The standard InChI is InChI=1S/C14H15N3O4S2/c1-8(6-18)15-13(19)10-3-4-12(11(5-10)17(20)21)23-14-16-9(2)7-22-14/h3-5,7-8,18H,6H2,1-2H3,(H,15,19). The SMILES string of the molecule is Cc1csc(Sc2ccc(C(=O)NC(C)CO)cc2[N+](=O)[O-])n1. The molecule has 2 rings (SSSR count).